The smallest absolute Gasteiger partial charge is 0.229 e. The van der Waals surface area contributed by atoms with Crippen LogP contribution in [-0.4, -0.2) is 25.7 Å². The fraction of sp³-hybridized carbons (Fsp3) is 0.435. The maximum Gasteiger partial charge on any atom is 0.229 e. The van der Waals surface area contributed by atoms with Gasteiger partial charge in [-0.25, -0.2) is 4.39 Å². The average Bonchev–Trinajstić information content (AvgIpc) is 3.00. The van der Waals surface area contributed by atoms with Crippen molar-refractivity contribution < 1.29 is 13.9 Å². The number of amides is 1. The summed E-state index contributed by atoms with van der Waals surface area (Å²) in [4.78, 5) is 15.0. The predicted octanol–water partition coefficient (Wildman–Crippen LogP) is 4.93. The lowest BCUT2D eigenvalue weighted by Crippen LogP contribution is -2.42. The summed E-state index contributed by atoms with van der Waals surface area (Å²) in [6.07, 6.45) is 2.66. The minimum Gasteiger partial charge on any atom is -0.381 e. The van der Waals surface area contributed by atoms with Crippen LogP contribution in [0.2, 0.25) is 0 Å². The summed E-state index contributed by atoms with van der Waals surface area (Å²) in [6, 6.07) is 12.9. The van der Waals surface area contributed by atoms with Crippen LogP contribution in [0.15, 0.2) is 42.5 Å². The molecule has 0 saturated carbocycles. The average molecular weight is 367 g/mol. The summed E-state index contributed by atoms with van der Waals surface area (Å²) in [7, 11) is 0. The largest absolute Gasteiger partial charge is 0.381 e. The molecule has 2 aromatic carbocycles. The van der Waals surface area contributed by atoms with Crippen molar-refractivity contribution in [2.24, 2.45) is 5.92 Å². The molecule has 0 aliphatic carbocycles. The first-order valence-electron chi connectivity index (χ1n) is 9.84. The van der Waals surface area contributed by atoms with Crippen molar-refractivity contribution in [1.29, 1.82) is 0 Å². The molecule has 0 N–H and O–H groups in total. The van der Waals surface area contributed by atoms with E-state index >= 15 is 0 Å². The third-order valence-electron chi connectivity index (χ3n) is 6.23. The van der Waals surface area contributed by atoms with Gasteiger partial charge in [-0.3, -0.25) is 4.79 Å². The van der Waals surface area contributed by atoms with Crippen LogP contribution in [0.25, 0.3) is 11.1 Å². The van der Waals surface area contributed by atoms with E-state index in [2.05, 4.69) is 13.0 Å². The number of hydrogen-bond acceptors (Lipinski definition) is 2. The van der Waals surface area contributed by atoms with Crippen LogP contribution >= 0.6 is 0 Å². The van der Waals surface area contributed by atoms with Crippen molar-refractivity contribution in [3.05, 3.63) is 53.8 Å². The second-order valence-corrected chi connectivity index (χ2v) is 7.87. The van der Waals surface area contributed by atoms with Gasteiger partial charge in [-0.05, 0) is 60.2 Å². The van der Waals surface area contributed by atoms with Crippen LogP contribution in [0.5, 0.6) is 0 Å². The van der Waals surface area contributed by atoms with Gasteiger partial charge in [0.1, 0.15) is 5.82 Å². The maximum absolute atomic E-state index is 13.7. The Labute approximate surface area is 160 Å². The summed E-state index contributed by atoms with van der Waals surface area (Å²) < 4.78 is 19.3. The van der Waals surface area contributed by atoms with Crippen LogP contribution in [0.4, 0.5) is 10.1 Å². The highest BCUT2D eigenvalue weighted by molar-refractivity contribution is 5.98. The monoisotopic (exact) mass is 367 g/mol. The van der Waals surface area contributed by atoms with E-state index in [9.17, 15) is 9.18 Å². The Bertz CT molecular complexity index is 857. The fourth-order valence-corrected chi connectivity index (χ4v) is 4.34. The number of hydrogen-bond donors (Lipinski definition) is 0. The first-order valence-corrected chi connectivity index (χ1v) is 9.84. The van der Waals surface area contributed by atoms with E-state index in [1.54, 1.807) is 12.1 Å². The van der Waals surface area contributed by atoms with Gasteiger partial charge in [-0.2, -0.15) is 0 Å². The molecule has 0 radical (unpaired) electrons. The number of anilines is 1. The van der Waals surface area contributed by atoms with Gasteiger partial charge >= 0.3 is 0 Å². The first-order chi connectivity index (χ1) is 13.0. The van der Waals surface area contributed by atoms with E-state index in [4.69, 9.17) is 4.74 Å². The highest BCUT2D eigenvalue weighted by atomic mass is 19.1. The van der Waals surface area contributed by atoms with Gasteiger partial charge in [0.25, 0.3) is 0 Å². The highest BCUT2D eigenvalue weighted by Crippen LogP contribution is 2.48. The van der Waals surface area contributed by atoms with Gasteiger partial charge in [0.2, 0.25) is 5.91 Å². The molecular formula is C23H26FNO2. The van der Waals surface area contributed by atoms with Gasteiger partial charge in [0.15, 0.2) is 0 Å². The third kappa shape index (κ3) is 3.16. The van der Waals surface area contributed by atoms with Gasteiger partial charge in [-0.15, -0.1) is 0 Å². The zero-order valence-corrected chi connectivity index (χ0v) is 16.0. The quantitative estimate of drug-likeness (QED) is 0.769. The topological polar surface area (TPSA) is 29.5 Å². The molecule has 0 bridgehead atoms. The van der Waals surface area contributed by atoms with Gasteiger partial charge < -0.3 is 9.64 Å². The standard InChI is InChI=1S/C23H26FNO2/c1-3-16(2)22(26)25-15-23(9-11-27-12-10-23)20-14-18(7-8-21(20)25)17-5-4-6-19(24)13-17/h4-8,13-14,16H,3,9-12,15H2,1-2H3/t16-/m1/s1. The second kappa shape index (κ2) is 7.08. The van der Waals surface area contributed by atoms with Crippen LogP contribution in [0, 0.1) is 11.7 Å². The predicted molar refractivity (Wildman–Crippen MR) is 105 cm³/mol. The Morgan fingerprint density at radius 2 is 1.93 bits per heavy atom. The molecule has 0 aromatic heterocycles. The molecule has 2 aromatic rings. The molecule has 27 heavy (non-hydrogen) atoms. The number of ether oxygens (including phenoxy) is 1. The summed E-state index contributed by atoms with van der Waals surface area (Å²) in [6.45, 7) is 6.21. The van der Waals surface area contributed by atoms with E-state index in [1.165, 1.54) is 11.6 Å². The summed E-state index contributed by atoms with van der Waals surface area (Å²) >= 11 is 0. The molecule has 1 atom stereocenters. The van der Waals surface area contributed by atoms with E-state index < -0.39 is 0 Å². The number of nitrogens with zero attached hydrogens (tertiary/aromatic N) is 1. The molecule has 1 fully saturated rings. The summed E-state index contributed by atoms with van der Waals surface area (Å²) in [5.41, 5.74) is 4.04. The van der Waals surface area contributed by atoms with Crippen molar-refractivity contribution in [1.82, 2.24) is 0 Å². The molecule has 2 heterocycles. The Balaban J connectivity index is 1.80. The number of fused-ring (bicyclic) bond motifs is 2. The molecule has 0 unspecified atom stereocenters. The molecule has 142 valence electrons. The number of rotatable bonds is 3. The van der Waals surface area contributed by atoms with Gasteiger partial charge in [-0.1, -0.05) is 32.0 Å². The SMILES string of the molecule is CC[C@@H](C)C(=O)N1CC2(CCOCC2)c2cc(-c3cccc(F)c3)ccc21. The van der Waals surface area contributed by atoms with E-state index in [0.717, 1.165) is 55.8 Å². The first kappa shape index (κ1) is 18.2. The lowest BCUT2D eigenvalue weighted by Gasteiger charge is -2.34. The van der Waals surface area contributed by atoms with E-state index in [1.807, 2.05) is 30.0 Å². The molecule has 3 nitrogen and oxygen atoms in total. The molecule has 4 heteroatoms. The van der Waals surface area contributed by atoms with Crippen molar-refractivity contribution in [3.63, 3.8) is 0 Å². The van der Waals surface area contributed by atoms with Crippen molar-refractivity contribution in [3.8, 4) is 11.1 Å². The number of carbonyl (C=O) groups is 1. The Hall–Kier alpha value is -2.20. The normalized spacial score (nSPS) is 19.1. The second-order valence-electron chi connectivity index (χ2n) is 7.87. The van der Waals surface area contributed by atoms with E-state index in [0.29, 0.717) is 0 Å². The molecule has 2 aliphatic heterocycles. The molecular weight excluding hydrogens is 341 g/mol. The highest BCUT2D eigenvalue weighted by Gasteiger charge is 2.46. The van der Waals surface area contributed by atoms with Gasteiger partial charge in [0, 0.05) is 36.8 Å². The van der Waals surface area contributed by atoms with Crippen LogP contribution in [-0.2, 0) is 14.9 Å². The van der Waals surface area contributed by atoms with Crippen LogP contribution in [0.1, 0.15) is 38.7 Å². The van der Waals surface area contributed by atoms with Crippen molar-refractivity contribution in [2.75, 3.05) is 24.7 Å². The van der Waals surface area contributed by atoms with Crippen molar-refractivity contribution in [2.45, 2.75) is 38.5 Å². The molecule has 1 spiro atoms. The number of benzene rings is 2. The summed E-state index contributed by atoms with van der Waals surface area (Å²) in [5, 5.41) is 0. The van der Waals surface area contributed by atoms with Gasteiger partial charge in [0.05, 0.1) is 0 Å². The molecule has 1 saturated heterocycles. The van der Waals surface area contributed by atoms with E-state index in [-0.39, 0.29) is 23.1 Å². The number of carbonyl (C=O) groups excluding carboxylic acids is 1. The lowest BCUT2D eigenvalue weighted by atomic mass is 9.75. The lowest BCUT2D eigenvalue weighted by molar-refractivity contribution is -0.122. The Kier molecular flexibility index (Phi) is 4.77. The molecule has 1 amide bonds. The Morgan fingerprint density at radius 3 is 2.63 bits per heavy atom. The molecule has 4 rings (SSSR count). The minimum absolute atomic E-state index is 0.00994. The fourth-order valence-electron chi connectivity index (χ4n) is 4.34. The molecule has 2 aliphatic rings. The van der Waals surface area contributed by atoms with Crippen molar-refractivity contribution >= 4 is 11.6 Å². The maximum atomic E-state index is 13.7. The summed E-state index contributed by atoms with van der Waals surface area (Å²) in [5.74, 6) is -0.0290. The van der Waals surface area contributed by atoms with Crippen LogP contribution < -0.4 is 4.90 Å². The third-order valence-corrected chi connectivity index (χ3v) is 6.23. The Morgan fingerprint density at radius 1 is 1.19 bits per heavy atom. The zero-order valence-electron chi connectivity index (χ0n) is 16.0. The number of halogens is 1. The minimum atomic E-state index is -0.234. The van der Waals surface area contributed by atoms with Crippen LogP contribution in [0.3, 0.4) is 0 Å². The zero-order chi connectivity index (χ0) is 19.0.